The van der Waals surface area contributed by atoms with Crippen molar-refractivity contribution in [1.82, 2.24) is 4.90 Å². The number of para-hydroxylation sites is 1. The second kappa shape index (κ2) is 5.72. The zero-order chi connectivity index (χ0) is 13.0. The van der Waals surface area contributed by atoms with Crippen LogP contribution in [0.2, 0.25) is 0 Å². The second-order valence-corrected chi connectivity index (χ2v) is 5.49. The van der Waals surface area contributed by atoms with Crippen LogP contribution in [0.5, 0.6) is 5.75 Å². The van der Waals surface area contributed by atoms with Gasteiger partial charge in [-0.15, -0.1) is 0 Å². The van der Waals surface area contributed by atoms with Crippen molar-refractivity contribution in [2.45, 2.75) is 32.3 Å². The molecule has 18 heavy (non-hydrogen) atoms. The third-order valence-electron chi connectivity index (χ3n) is 3.51. The summed E-state index contributed by atoms with van der Waals surface area (Å²) in [6, 6.07) is 8.07. The lowest BCUT2D eigenvalue weighted by atomic mass is 9.95. The number of aryl methyl sites for hydroxylation is 1. The monoisotopic (exact) mass is 249 g/mol. The van der Waals surface area contributed by atoms with Crippen LogP contribution in [-0.2, 0) is 0 Å². The summed E-state index contributed by atoms with van der Waals surface area (Å²) < 4.78 is 5.78. The van der Waals surface area contributed by atoms with Crippen LogP contribution >= 0.6 is 0 Å². The summed E-state index contributed by atoms with van der Waals surface area (Å²) in [5.74, 6) is 0.960. The Hall–Kier alpha value is -1.06. The molecule has 100 valence electrons. The highest BCUT2D eigenvalue weighted by Gasteiger charge is 2.27. The standard InChI is InChI=1S/C15H23NO2/c1-13-6-3-4-7-14(13)18-11-10-16-9-5-8-15(2,17)12-16/h3-4,6-7,17H,5,8-12H2,1-2H3. The van der Waals surface area contributed by atoms with Crippen LogP contribution in [0.15, 0.2) is 24.3 Å². The fourth-order valence-electron chi connectivity index (χ4n) is 2.52. The maximum Gasteiger partial charge on any atom is 0.122 e. The first kappa shape index (κ1) is 13.4. The van der Waals surface area contributed by atoms with E-state index in [0.29, 0.717) is 6.61 Å². The van der Waals surface area contributed by atoms with Crippen molar-refractivity contribution in [1.29, 1.82) is 0 Å². The summed E-state index contributed by atoms with van der Waals surface area (Å²) in [5, 5.41) is 10.0. The van der Waals surface area contributed by atoms with Gasteiger partial charge in [0, 0.05) is 13.1 Å². The van der Waals surface area contributed by atoms with E-state index in [-0.39, 0.29) is 0 Å². The normalized spacial score (nSPS) is 25.1. The van der Waals surface area contributed by atoms with Gasteiger partial charge in [0.15, 0.2) is 0 Å². The maximum absolute atomic E-state index is 10.0. The fourth-order valence-corrected chi connectivity index (χ4v) is 2.52. The number of ether oxygens (including phenoxy) is 1. The van der Waals surface area contributed by atoms with Crippen molar-refractivity contribution >= 4 is 0 Å². The summed E-state index contributed by atoms with van der Waals surface area (Å²) >= 11 is 0. The highest BCUT2D eigenvalue weighted by Crippen LogP contribution is 2.20. The molecule has 1 aromatic rings. The van der Waals surface area contributed by atoms with E-state index in [0.717, 1.165) is 38.2 Å². The Bertz CT molecular complexity index is 390. The number of benzene rings is 1. The van der Waals surface area contributed by atoms with Gasteiger partial charge in [-0.3, -0.25) is 4.90 Å². The van der Waals surface area contributed by atoms with Gasteiger partial charge in [-0.1, -0.05) is 18.2 Å². The van der Waals surface area contributed by atoms with E-state index < -0.39 is 5.60 Å². The number of hydrogen-bond acceptors (Lipinski definition) is 3. The van der Waals surface area contributed by atoms with Crippen molar-refractivity contribution in [2.24, 2.45) is 0 Å². The smallest absolute Gasteiger partial charge is 0.122 e. The molecule has 1 fully saturated rings. The minimum Gasteiger partial charge on any atom is -0.492 e. The van der Waals surface area contributed by atoms with Gasteiger partial charge in [-0.25, -0.2) is 0 Å². The zero-order valence-corrected chi connectivity index (χ0v) is 11.4. The molecular weight excluding hydrogens is 226 g/mol. The molecule has 1 unspecified atom stereocenters. The molecular formula is C15H23NO2. The van der Waals surface area contributed by atoms with Crippen molar-refractivity contribution < 1.29 is 9.84 Å². The summed E-state index contributed by atoms with van der Waals surface area (Å²) in [7, 11) is 0. The van der Waals surface area contributed by atoms with Crippen molar-refractivity contribution in [3.63, 3.8) is 0 Å². The molecule has 1 N–H and O–H groups in total. The van der Waals surface area contributed by atoms with Crippen LogP contribution in [0.1, 0.15) is 25.3 Å². The number of likely N-dealkylation sites (tertiary alicyclic amines) is 1. The van der Waals surface area contributed by atoms with Crippen molar-refractivity contribution in [3.05, 3.63) is 29.8 Å². The average Bonchev–Trinajstić information content (AvgIpc) is 2.30. The molecule has 0 aliphatic carbocycles. The fraction of sp³-hybridized carbons (Fsp3) is 0.600. The lowest BCUT2D eigenvalue weighted by Crippen LogP contribution is -2.47. The Morgan fingerprint density at radius 2 is 2.17 bits per heavy atom. The maximum atomic E-state index is 10.0. The Labute approximate surface area is 109 Å². The van der Waals surface area contributed by atoms with Crippen LogP contribution in [0.4, 0.5) is 0 Å². The largest absolute Gasteiger partial charge is 0.492 e. The lowest BCUT2D eigenvalue weighted by Gasteiger charge is -2.36. The average molecular weight is 249 g/mol. The van der Waals surface area contributed by atoms with Crippen LogP contribution in [-0.4, -0.2) is 41.8 Å². The van der Waals surface area contributed by atoms with Gasteiger partial charge in [0.1, 0.15) is 12.4 Å². The Morgan fingerprint density at radius 3 is 2.89 bits per heavy atom. The third kappa shape index (κ3) is 3.72. The number of aliphatic hydroxyl groups is 1. The molecule has 0 radical (unpaired) electrons. The zero-order valence-electron chi connectivity index (χ0n) is 11.4. The van der Waals surface area contributed by atoms with E-state index >= 15 is 0 Å². The van der Waals surface area contributed by atoms with E-state index in [2.05, 4.69) is 17.9 Å². The SMILES string of the molecule is Cc1ccccc1OCCN1CCCC(C)(O)C1. The first-order chi connectivity index (χ1) is 8.57. The Kier molecular flexibility index (Phi) is 4.25. The van der Waals surface area contributed by atoms with E-state index in [9.17, 15) is 5.11 Å². The van der Waals surface area contributed by atoms with Gasteiger partial charge in [-0.05, 0) is 44.9 Å². The molecule has 1 heterocycles. The van der Waals surface area contributed by atoms with Crippen LogP contribution in [0.25, 0.3) is 0 Å². The minimum atomic E-state index is -0.527. The predicted molar refractivity (Wildman–Crippen MR) is 73.0 cm³/mol. The molecule has 1 saturated heterocycles. The number of hydrogen-bond donors (Lipinski definition) is 1. The van der Waals surface area contributed by atoms with E-state index in [1.807, 2.05) is 25.1 Å². The van der Waals surface area contributed by atoms with Crippen LogP contribution in [0, 0.1) is 6.92 Å². The Balaban J connectivity index is 1.77. The molecule has 1 aliphatic heterocycles. The van der Waals surface area contributed by atoms with Gasteiger partial charge in [-0.2, -0.15) is 0 Å². The molecule has 3 nitrogen and oxygen atoms in total. The second-order valence-electron chi connectivity index (χ2n) is 5.49. The number of piperidine rings is 1. The first-order valence-corrected chi connectivity index (χ1v) is 6.70. The highest BCUT2D eigenvalue weighted by atomic mass is 16.5. The summed E-state index contributed by atoms with van der Waals surface area (Å²) in [5.41, 5.74) is 0.643. The summed E-state index contributed by atoms with van der Waals surface area (Å²) in [4.78, 5) is 2.28. The molecule has 0 saturated carbocycles. The lowest BCUT2D eigenvalue weighted by molar-refractivity contribution is -0.0183. The van der Waals surface area contributed by atoms with Gasteiger partial charge in [0.2, 0.25) is 0 Å². The molecule has 0 amide bonds. The topological polar surface area (TPSA) is 32.7 Å². The van der Waals surface area contributed by atoms with Crippen molar-refractivity contribution in [3.8, 4) is 5.75 Å². The summed E-state index contributed by atoms with van der Waals surface area (Å²) in [6.45, 7) is 7.35. The number of nitrogens with zero attached hydrogens (tertiary/aromatic N) is 1. The first-order valence-electron chi connectivity index (χ1n) is 6.70. The van der Waals surface area contributed by atoms with Gasteiger partial charge in [0.05, 0.1) is 5.60 Å². The summed E-state index contributed by atoms with van der Waals surface area (Å²) in [6.07, 6.45) is 1.97. The molecule has 0 spiro atoms. The Morgan fingerprint density at radius 1 is 1.39 bits per heavy atom. The quantitative estimate of drug-likeness (QED) is 0.888. The molecule has 2 rings (SSSR count). The van der Waals surface area contributed by atoms with Gasteiger partial charge >= 0.3 is 0 Å². The molecule has 0 bridgehead atoms. The molecule has 0 aromatic heterocycles. The van der Waals surface area contributed by atoms with Gasteiger partial charge in [0.25, 0.3) is 0 Å². The number of rotatable bonds is 4. The van der Waals surface area contributed by atoms with Gasteiger partial charge < -0.3 is 9.84 Å². The van der Waals surface area contributed by atoms with Crippen LogP contribution < -0.4 is 4.74 Å². The predicted octanol–water partition coefficient (Wildman–Crippen LogP) is 2.22. The number of β-amino-alcohol motifs (C(OH)–C–C–N with tert-alkyl or cyclic N) is 1. The van der Waals surface area contributed by atoms with E-state index in [1.54, 1.807) is 0 Å². The molecule has 1 atom stereocenters. The van der Waals surface area contributed by atoms with Crippen molar-refractivity contribution in [2.75, 3.05) is 26.2 Å². The highest BCUT2D eigenvalue weighted by molar-refractivity contribution is 5.31. The minimum absolute atomic E-state index is 0.527. The molecule has 1 aliphatic rings. The molecule has 1 aromatic carbocycles. The third-order valence-corrected chi connectivity index (χ3v) is 3.51. The van der Waals surface area contributed by atoms with E-state index in [1.165, 1.54) is 5.56 Å². The molecule has 3 heteroatoms. The van der Waals surface area contributed by atoms with Crippen LogP contribution in [0.3, 0.4) is 0 Å². The van der Waals surface area contributed by atoms with E-state index in [4.69, 9.17) is 4.74 Å².